The number of hydrogen-bond donors (Lipinski definition) is 0. The van der Waals surface area contributed by atoms with Crippen LogP contribution < -0.4 is 4.90 Å². The average Bonchev–Trinajstić information content (AvgIpc) is 2.83. The Morgan fingerprint density at radius 1 is 0.969 bits per heavy atom. The highest BCUT2D eigenvalue weighted by Gasteiger charge is 2.35. The van der Waals surface area contributed by atoms with Gasteiger partial charge in [0.1, 0.15) is 5.82 Å². The highest BCUT2D eigenvalue weighted by Crippen LogP contribution is 2.37. The van der Waals surface area contributed by atoms with Crippen molar-refractivity contribution in [3.05, 3.63) is 90.3 Å². The topological polar surface area (TPSA) is 66.4 Å². The summed E-state index contributed by atoms with van der Waals surface area (Å²) >= 11 is 0. The van der Waals surface area contributed by atoms with Crippen molar-refractivity contribution in [2.24, 2.45) is 0 Å². The minimum absolute atomic E-state index is 0.163. The molecule has 3 heterocycles. The fourth-order valence-corrected chi connectivity index (χ4v) is 4.54. The molecule has 0 saturated heterocycles. The second-order valence-corrected chi connectivity index (χ2v) is 9.16. The minimum Gasteiger partial charge on any atom is -0.311 e. The molecule has 0 bridgehead atoms. The third-order valence-corrected chi connectivity index (χ3v) is 6.74. The van der Waals surface area contributed by atoms with Gasteiger partial charge in [-0.1, -0.05) is 30.3 Å². The Morgan fingerprint density at radius 3 is 2.53 bits per heavy atom. The second kappa shape index (κ2) is 8.16. The summed E-state index contributed by atoms with van der Waals surface area (Å²) in [5.74, 6) is 0.623. The molecule has 32 heavy (non-hydrogen) atoms. The van der Waals surface area contributed by atoms with Gasteiger partial charge in [0.25, 0.3) is 0 Å². The van der Waals surface area contributed by atoms with E-state index in [4.69, 9.17) is 4.98 Å². The summed E-state index contributed by atoms with van der Waals surface area (Å²) in [7, 11) is -1.08. The van der Waals surface area contributed by atoms with Gasteiger partial charge in [-0.05, 0) is 49.4 Å². The number of fused-ring (bicyclic) bond motifs is 2. The van der Waals surface area contributed by atoms with Gasteiger partial charge in [-0.2, -0.15) is 0 Å². The van der Waals surface area contributed by atoms with Crippen molar-refractivity contribution in [1.82, 2.24) is 14.9 Å². The number of para-hydroxylation sites is 1. The van der Waals surface area contributed by atoms with Crippen LogP contribution in [0.25, 0.3) is 10.9 Å². The van der Waals surface area contributed by atoms with Gasteiger partial charge in [0, 0.05) is 39.1 Å². The van der Waals surface area contributed by atoms with Crippen LogP contribution in [-0.2, 0) is 17.3 Å². The maximum absolute atomic E-state index is 13.7. The van der Waals surface area contributed by atoms with Crippen LogP contribution in [0.1, 0.15) is 24.2 Å². The van der Waals surface area contributed by atoms with E-state index in [1.807, 2.05) is 72.5 Å². The molecule has 2 atom stereocenters. The van der Waals surface area contributed by atoms with Crippen molar-refractivity contribution < 1.29 is 9.00 Å². The van der Waals surface area contributed by atoms with Crippen LogP contribution in [0.4, 0.5) is 16.3 Å². The number of urea groups is 1. The highest BCUT2D eigenvalue weighted by molar-refractivity contribution is 7.84. The van der Waals surface area contributed by atoms with E-state index in [2.05, 4.69) is 4.98 Å². The largest absolute Gasteiger partial charge is 0.331 e. The molecule has 0 fully saturated rings. The number of carbonyl (C=O) groups is 1. The minimum atomic E-state index is -1.08. The smallest absolute Gasteiger partial charge is 0.311 e. The lowest BCUT2D eigenvalue weighted by molar-refractivity contribution is 0.179. The lowest BCUT2D eigenvalue weighted by Crippen LogP contribution is -2.46. The van der Waals surface area contributed by atoms with E-state index < -0.39 is 10.8 Å². The molecule has 2 aromatic carbocycles. The molecule has 4 aromatic rings. The summed E-state index contributed by atoms with van der Waals surface area (Å²) in [4.78, 5) is 27.2. The molecular formula is C25H22N4O2S. The van der Waals surface area contributed by atoms with Crippen molar-refractivity contribution in [3.8, 4) is 0 Å². The first-order chi connectivity index (χ1) is 15.5. The fourth-order valence-electron chi connectivity index (χ4n) is 4.02. The van der Waals surface area contributed by atoms with E-state index in [1.54, 1.807) is 29.5 Å². The Labute approximate surface area is 189 Å². The number of amides is 2. The molecule has 0 saturated carbocycles. The number of aromatic nitrogens is 2. The maximum atomic E-state index is 13.7. The Balaban J connectivity index is 1.55. The second-order valence-electron chi connectivity index (χ2n) is 7.78. The van der Waals surface area contributed by atoms with E-state index in [1.165, 1.54) is 0 Å². The third kappa shape index (κ3) is 3.54. The van der Waals surface area contributed by atoms with Crippen LogP contribution in [0.15, 0.2) is 83.9 Å². The zero-order chi connectivity index (χ0) is 22.2. The monoisotopic (exact) mass is 442 g/mol. The molecule has 2 unspecified atom stereocenters. The molecule has 0 radical (unpaired) electrons. The van der Waals surface area contributed by atoms with Gasteiger partial charge < -0.3 is 4.90 Å². The summed E-state index contributed by atoms with van der Waals surface area (Å²) < 4.78 is 11.8. The zero-order valence-corrected chi connectivity index (χ0v) is 18.6. The number of benzene rings is 2. The van der Waals surface area contributed by atoms with Crippen LogP contribution in [-0.4, -0.2) is 31.4 Å². The number of hydrogen-bond acceptors (Lipinski definition) is 4. The highest BCUT2D eigenvalue weighted by atomic mass is 32.2. The van der Waals surface area contributed by atoms with Gasteiger partial charge in [0.2, 0.25) is 0 Å². The summed E-state index contributed by atoms with van der Waals surface area (Å²) in [6, 6.07) is 22.7. The van der Waals surface area contributed by atoms with E-state index in [9.17, 15) is 9.00 Å². The zero-order valence-electron chi connectivity index (χ0n) is 17.8. The lowest BCUT2D eigenvalue weighted by atomic mass is 10.1. The van der Waals surface area contributed by atoms with Gasteiger partial charge in [0.15, 0.2) is 0 Å². The van der Waals surface area contributed by atoms with E-state index in [0.717, 1.165) is 22.2 Å². The first kappa shape index (κ1) is 20.3. The molecule has 5 rings (SSSR count). The lowest BCUT2D eigenvalue weighted by Gasteiger charge is -2.39. The van der Waals surface area contributed by atoms with E-state index >= 15 is 0 Å². The standard InChI is InChI=1S/C25H22N4O2S/c1-17(22-14-9-18-6-3-4-8-23(18)27-22)28-16-19-7-5-15-26-24(19)29(25(28)30)20-10-12-21(13-11-20)32(2)31/h3-15,17H,16H2,1-2H3. The molecule has 7 heteroatoms. The van der Waals surface area contributed by atoms with Gasteiger partial charge in [-0.25, -0.2) is 14.7 Å². The normalized spacial score (nSPS) is 15.5. The molecule has 2 aromatic heterocycles. The molecule has 0 aliphatic carbocycles. The summed E-state index contributed by atoms with van der Waals surface area (Å²) in [5, 5.41) is 1.07. The molecule has 1 aliphatic rings. The quantitative estimate of drug-likeness (QED) is 0.436. The molecule has 6 nitrogen and oxygen atoms in total. The van der Waals surface area contributed by atoms with Crippen molar-refractivity contribution in [1.29, 1.82) is 0 Å². The van der Waals surface area contributed by atoms with Crippen molar-refractivity contribution in [2.75, 3.05) is 11.2 Å². The van der Waals surface area contributed by atoms with Crippen molar-refractivity contribution in [3.63, 3.8) is 0 Å². The number of carbonyl (C=O) groups excluding carboxylic acids is 1. The number of anilines is 2. The van der Waals surface area contributed by atoms with Crippen LogP contribution >= 0.6 is 0 Å². The average molecular weight is 443 g/mol. The van der Waals surface area contributed by atoms with Crippen LogP contribution in [0.2, 0.25) is 0 Å². The number of nitrogens with zero attached hydrogens (tertiary/aromatic N) is 4. The number of pyridine rings is 2. The molecule has 2 amide bonds. The van der Waals surface area contributed by atoms with Crippen molar-refractivity contribution >= 4 is 39.2 Å². The molecule has 0 spiro atoms. The summed E-state index contributed by atoms with van der Waals surface area (Å²) in [5.41, 5.74) is 3.39. The molecule has 160 valence electrons. The molecule has 1 aliphatic heterocycles. The first-order valence-electron chi connectivity index (χ1n) is 10.4. The van der Waals surface area contributed by atoms with Crippen LogP contribution in [0.3, 0.4) is 0 Å². The first-order valence-corrected chi connectivity index (χ1v) is 11.9. The van der Waals surface area contributed by atoms with Gasteiger partial charge in [-0.3, -0.25) is 9.19 Å². The van der Waals surface area contributed by atoms with Crippen LogP contribution in [0.5, 0.6) is 0 Å². The van der Waals surface area contributed by atoms with Gasteiger partial charge in [-0.15, -0.1) is 0 Å². The van der Waals surface area contributed by atoms with Gasteiger partial charge in [0.05, 0.1) is 29.5 Å². The third-order valence-electron chi connectivity index (χ3n) is 5.80. The Kier molecular flexibility index (Phi) is 5.19. The fraction of sp³-hybridized carbons (Fsp3) is 0.160. The predicted octanol–water partition coefficient (Wildman–Crippen LogP) is 5.20. The molecule has 0 N–H and O–H groups in total. The Hall–Kier alpha value is -3.58. The Bertz CT molecular complexity index is 1340. The number of rotatable bonds is 4. The SMILES string of the molecule is CC(c1ccc2ccccc2n1)N1Cc2cccnc2N(c2ccc(S(C)=O)cc2)C1=O. The van der Waals surface area contributed by atoms with E-state index in [0.29, 0.717) is 22.9 Å². The summed E-state index contributed by atoms with van der Waals surface area (Å²) in [6.45, 7) is 2.45. The maximum Gasteiger partial charge on any atom is 0.331 e. The van der Waals surface area contributed by atoms with Gasteiger partial charge >= 0.3 is 6.03 Å². The summed E-state index contributed by atoms with van der Waals surface area (Å²) in [6.07, 6.45) is 3.33. The van der Waals surface area contributed by atoms with E-state index in [-0.39, 0.29) is 12.1 Å². The van der Waals surface area contributed by atoms with Crippen molar-refractivity contribution in [2.45, 2.75) is 24.4 Å². The molecular weight excluding hydrogens is 420 g/mol. The predicted molar refractivity (Wildman–Crippen MR) is 126 cm³/mol. The van der Waals surface area contributed by atoms with Crippen LogP contribution in [0, 0.1) is 0 Å². The Morgan fingerprint density at radius 2 is 1.75 bits per heavy atom.